The Balaban J connectivity index is 2.51. The standard InChI is InChI=1S/C13H12N2O3/c1-8(16)14-12-7-6-10-4-3-5-11(13(10)15-12)18-9(2)17/h3-7H,1-2H3,(H,14,15,16). The van der Waals surface area contributed by atoms with Crippen molar-refractivity contribution >= 4 is 28.6 Å². The fourth-order valence-corrected chi connectivity index (χ4v) is 1.61. The van der Waals surface area contributed by atoms with Crippen LogP contribution in [0.15, 0.2) is 30.3 Å². The topological polar surface area (TPSA) is 68.3 Å². The maximum atomic E-state index is 11.0. The maximum Gasteiger partial charge on any atom is 0.308 e. The molecule has 0 aliphatic rings. The van der Waals surface area contributed by atoms with Crippen LogP contribution < -0.4 is 10.1 Å². The summed E-state index contributed by atoms with van der Waals surface area (Å²) in [6.07, 6.45) is 0. The van der Waals surface area contributed by atoms with E-state index in [-0.39, 0.29) is 5.91 Å². The zero-order valence-corrected chi connectivity index (χ0v) is 10.1. The number of hydrogen-bond acceptors (Lipinski definition) is 4. The number of nitrogens with one attached hydrogen (secondary N) is 1. The van der Waals surface area contributed by atoms with E-state index in [4.69, 9.17) is 4.74 Å². The molecule has 5 heteroatoms. The van der Waals surface area contributed by atoms with Gasteiger partial charge in [-0.25, -0.2) is 4.98 Å². The van der Waals surface area contributed by atoms with Gasteiger partial charge < -0.3 is 10.1 Å². The number of benzene rings is 1. The second-order valence-electron chi connectivity index (χ2n) is 3.80. The Hall–Kier alpha value is -2.43. The van der Waals surface area contributed by atoms with Crippen molar-refractivity contribution < 1.29 is 14.3 Å². The van der Waals surface area contributed by atoms with Crippen molar-refractivity contribution in [1.29, 1.82) is 0 Å². The molecule has 1 N–H and O–H groups in total. The number of carbonyl (C=O) groups excluding carboxylic acids is 2. The van der Waals surface area contributed by atoms with E-state index in [1.54, 1.807) is 24.3 Å². The minimum absolute atomic E-state index is 0.202. The number of aromatic nitrogens is 1. The molecular formula is C13H12N2O3. The van der Waals surface area contributed by atoms with E-state index in [2.05, 4.69) is 10.3 Å². The third-order valence-electron chi connectivity index (χ3n) is 2.24. The molecule has 0 fully saturated rings. The molecule has 1 amide bonds. The van der Waals surface area contributed by atoms with Gasteiger partial charge in [-0.05, 0) is 18.2 Å². The number of pyridine rings is 1. The highest BCUT2D eigenvalue weighted by Crippen LogP contribution is 2.25. The minimum atomic E-state index is -0.408. The number of anilines is 1. The van der Waals surface area contributed by atoms with E-state index in [0.717, 1.165) is 5.39 Å². The molecular weight excluding hydrogens is 232 g/mol. The smallest absolute Gasteiger partial charge is 0.308 e. The summed E-state index contributed by atoms with van der Waals surface area (Å²) >= 11 is 0. The molecule has 0 saturated heterocycles. The van der Waals surface area contributed by atoms with E-state index >= 15 is 0 Å². The highest BCUT2D eigenvalue weighted by Gasteiger charge is 2.07. The van der Waals surface area contributed by atoms with Gasteiger partial charge in [-0.15, -0.1) is 0 Å². The van der Waals surface area contributed by atoms with Crippen molar-refractivity contribution in [3.05, 3.63) is 30.3 Å². The van der Waals surface area contributed by atoms with E-state index in [0.29, 0.717) is 17.1 Å². The average Bonchev–Trinajstić information content (AvgIpc) is 2.28. The summed E-state index contributed by atoms with van der Waals surface area (Å²) in [5.74, 6) is 0.197. The SMILES string of the molecule is CC(=O)Nc1ccc2cccc(OC(C)=O)c2n1. The Bertz CT molecular complexity index is 623. The highest BCUT2D eigenvalue weighted by molar-refractivity contribution is 5.92. The first-order valence-corrected chi connectivity index (χ1v) is 5.42. The summed E-state index contributed by atoms with van der Waals surface area (Å²) in [5, 5.41) is 3.42. The molecule has 1 heterocycles. The second-order valence-corrected chi connectivity index (χ2v) is 3.80. The van der Waals surface area contributed by atoms with Gasteiger partial charge in [-0.1, -0.05) is 12.1 Å². The van der Waals surface area contributed by atoms with Crippen LogP contribution in [0.25, 0.3) is 10.9 Å². The molecule has 0 bridgehead atoms. The molecule has 0 spiro atoms. The third-order valence-corrected chi connectivity index (χ3v) is 2.24. The lowest BCUT2D eigenvalue weighted by Gasteiger charge is -2.07. The summed E-state index contributed by atoms with van der Waals surface area (Å²) in [7, 11) is 0. The Morgan fingerprint density at radius 1 is 1.17 bits per heavy atom. The van der Waals surface area contributed by atoms with Crippen LogP contribution in [0.4, 0.5) is 5.82 Å². The fourth-order valence-electron chi connectivity index (χ4n) is 1.61. The molecule has 92 valence electrons. The van der Waals surface area contributed by atoms with E-state index in [1.165, 1.54) is 13.8 Å². The lowest BCUT2D eigenvalue weighted by Crippen LogP contribution is -2.08. The van der Waals surface area contributed by atoms with Crippen LogP contribution in [-0.2, 0) is 9.59 Å². The molecule has 0 unspecified atom stereocenters. The summed E-state index contributed by atoms with van der Waals surface area (Å²) in [5.41, 5.74) is 0.541. The lowest BCUT2D eigenvalue weighted by molar-refractivity contribution is -0.131. The van der Waals surface area contributed by atoms with Gasteiger partial charge in [-0.2, -0.15) is 0 Å². The van der Waals surface area contributed by atoms with Crippen LogP contribution in [0.5, 0.6) is 5.75 Å². The lowest BCUT2D eigenvalue weighted by atomic mass is 10.2. The summed E-state index contributed by atoms with van der Waals surface area (Å²) in [6, 6.07) is 8.80. The van der Waals surface area contributed by atoms with Crippen molar-refractivity contribution in [1.82, 2.24) is 4.98 Å². The molecule has 2 rings (SSSR count). The van der Waals surface area contributed by atoms with Gasteiger partial charge >= 0.3 is 5.97 Å². The number of nitrogens with zero attached hydrogens (tertiary/aromatic N) is 1. The first kappa shape index (κ1) is 12.0. The van der Waals surface area contributed by atoms with Crippen molar-refractivity contribution in [3.8, 4) is 5.75 Å². The number of rotatable bonds is 2. The first-order chi connectivity index (χ1) is 8.56. The Kier molecular flexibility index (Phi) is 3.23. The number of esters is 1. The molecule has 18 heavy (non-hydrogen) atoms. The Morgan fingerprint density at radius 3 is 2.61 bits per heavy atom. The van der Waals surface area contributed by atoms with Gasteiger partial charge in [0.2, 0.25) is 5.91 Å². The quantitative estimate of drug-likeness (QED) is 0.649. The van der Waals surface area contributed by atoms with Crippen LogP contribution in [0.2, 0.25) is 0 Å². The van der Waals surface area contributed by atoms with Gasteiger partial charge in [-0.3, -0.25) is 9.59 Å². The Labute approximate surface area is 104 Å². The minimum Gasteiger partial charge on any atom is -0.424 e. The number of ether oxygens (including phenoxy) is 1. The average molecular weight is 244 g/mol. The summed E-state index contributed by atoms with van der Waals surface area (Å²) in [4.78, 5) is 26.2. The monoisotopic (exact) mass is 244 g/mol. The van der Waals surface area contributed by atoms with Crippen LogP contribution in [0.1, 0.15) is 13.8 Å². The normalized spacial score (nSPS) is 10.1. The van der Waals surface area contributed by atoms with Gasteiger partial charge in [0.1, 0.15) is 11.3 Å². The van der Waals surface area contributed by atoms with Gasteiger partial charge in [0.05, 0.1) is 0 Å². The van der Waals surface area contributed by atoms with Crippen LogP contribution >= 0.6 is 0 Å². The molecule has 5 nitrogen and oxygen atoms in total. The predicted molar refractivity (Wildman–Crippen MR) is 67.4 cm³/mol. The van der Waals surface area contributed by atoms with Crippen LogP contribution in [0, 0.1) is 0 Å². The van der Waals surface area contributed by atoms with E-state index in [1.807, 2.05) is 6.07 Å². The molecule has 2 aromatic rings. The van der Waals surface area contributed by atoms with Crippen molar-refractivity contribution in [2.24, 2.45) is 0 Å². The molecule has 0 atom stereocenters. The van der Waals surface area contributed by atoms with Crippen LogP contribution in [-0.4, -0.2) is 16.9 Å². The van der Waals surface area contributed by atoms with Crippen molar-refractivity contribution in [2.45, 2.75) is 13.8 Å². The predicted octanol–water partition coefficient (Wildman–Crippen LogP) is 2.12. The second kappa shape index (κ2) is 4.83. The van der Waals surface area contributed by atoms with E-state index in [9.17, 15) is 9.59 Å². The molecule has 0 saturated carbocycles. The molecule has 0 aliphatic heterocycles. The molecule has 1 aromatic heterocycles. The summed E-state index contributed by atoms with van der Waals surface area (Å²) in [6.45, 7) is 2.74. The molecule has 0 radical (unpaired) electrons. The number of carbonyl (C=O) groups is 2. The first-order valence-electron chi connectivity index (χ1n) is 5.42. The summed E-state index contributed by atoms with van der Waals surface area (Å²) < 4.78 is 5.07. The number of para-hydroxylation sites is 1. The van der Waals surface area contributed by atoms with Crippen molar-refractivity contribution in [3.63, 3.8) is 0 Å². The fraction of sp³-hybridized carbons (Fsp3) is 0.154. The maximum absolute atomic E-state index is 11.0. The zero-order valence-electron chi connectivity index (χ0n) is 10.1. The third kappa shape index (κ3) is 2.63. The highest BCUT2D eigenvalue weighted by atomic mass is 16.5. The van der Waals surface area contributed by atoms with E-state index < -0.39 is 5.97 Å². The number of hydrogen-bond donors (Lipinski definition) is 1. The largest absolute Gasteiger partial charge is 0.424 e. The molecule has 0 aliphatic carbocycles. The number of amides is 1. The van der Waals surface area contributed by atoms with Gasteiger partial charge in [0.15, 0.2) is 5.75 Å². The molecule has 1 aromatic carbocycles. The van der Waals surface area contributed by atoms with Crippen molar-refractivity contribution in [2.75, 3.05) is 5.32 Å². The number of fused-ring (bicyclic) bond motifs is 1. The van der Waals surface area contributed by atoms with Gasteiger partial charge in [0.25, 0.3) is 0 Å². The van der Waals surface area contributed by atoms with Crippen LogP contribution in [0.3, 0.4) is 0 Å². The zero-order chi connectivity index (χ0) is 13.1. The Morgan fingerprint density at radius 2 is 1.94 bits per heavy atom. The van der Waals surface area contributed by atoms with Gasteiger partial charge in [0, 0.05) is 19.2 Å².